The summed E-state index contributed by atoms with van der Waals surface area (Å²) >= 11 is 5.72. The van der Waals surface area contributed by atoms with E-state index in [1.54, 1.807) is 7.11 Å². The number of hydrogen-bond acceptors (Lipinski definition) is 3. The molecule has 0 spiro atoms. The van der Waals surface area contributed by atoms with Gasteiger partial charge in [0.1, 0.15) is 12.0 Å². The van der Waals surface area contributed by atoms with Gasteiger partial charge in [0.2, 0.25) is 0 Å². The van der Waals surface area contributed by atoms with Gasteiger partial charge in [0, 0.05) is 12.4 Å². The molecular weight excluding hydrogens is 214 g/mol. The lowest BCUT2D eigenvalue weighted by molar-refractivity contribution is 0.0528. The molecule has 0 aliphatic carbocycles. The molecule has 1 heterocycles. The number of ether oxygens (including phenoxy) is 2. The fraction of sp³-hybridized carbons (Fsp3) is 0.455. The maximum Gasteiger partial charge on any atom is 0.134 e. The van der Waals surface area contributed by atoms with Crippen LogP contribution in [-0.2, 0) is 4.74 Å². The molecule has 1 aromatic rings. The number of halogens is 1. The lowest BCUT2D eigenvalue weighted by Gasteiger charge is -2.12. The third-order valence-electron chi connectivity index (χ3n) is 2.45. The van der Waals surface area contributed by atoms with Crippen LogP contribution >= 0.6 is 11.6 Å². The zero-order valence-corrected chi connectivity index (χ0v) is 9.33. The van der Waals surface area contributed by atoms with Crippen molar-refractivity contribution in [2.24, 2.45) is 0 Å². The molecule has 0 amide bonds. The highest BCUT2D eigenvalue weighted by Gasteiger charge is 2.24. The first kappa shape index (κ1) is 10.7. The average Bonchev–Trinajstić information content (AvgIpc) is 2.78. The summed E-state index contributed by atoms with van der Waals surface area (Å²) < 4.78 is 10.8. The van der Waals surface area contributed by atoms with Crippen molar-refractivity contribution in [1.29, 1.82) is 0 Å². The second-order valence-corrected chi connectivity index (χ2v) is 3.78. The molecule has 0 bridgehead atoms. The van der Waals surface area contributed by atoms with Gasteiger partial charge in [-0.25, -0.2) is 0 Å². The number of rotatable bonds is 3. The normalized spacial score (nSPS) is 25.5. The quantitative estimate of drug-likeness (QED) is 0.801. The Labute approximate surface area is 94.3 Å². The molecular formula is C11H14ClNO2. The zero-order valence-electron chi connectivity index (χ0n) is 8.57. The maximum atomic E-state index is 5.72. The molecule has 2 rings (SSSR count). The van der Waals surface area contributed by atoms with E-state index < -0.39 is 0 Å². The standard InChI is InChI=1S/C11H14ClNO2/c1-14-9-4-2-8(3-5-9)11-13-7-10(6-12)15-11/h2-5,10-11,13H,6-7H2,1H3/t10-,11-/m0/s1. The van der Waals surface area contributed by atoms with Crippen LogP contribution in [0.4, 0.5) is 0 Å². The Hall–Kier alpha value is -0.770. The summed E-state index contributed by atoms with van der Waals surface area (Å²) in [5.41, 5.74) is 1.10. The molecule has 1 N–H and O–H groups in total. The summed E-state index contributed by atoms with van der Waals surface area (Å²) in [6.45, 7) is 0.806. The lowest BCUT2D eigenvalue weighted by atomic mass is 10.2. The minimum atomic E-state index is -0.0420. The fourth-order valence-corrected chi connectivity index (χ4v) is 1.78. The Morgan fingerprint density at radius 2 is 2.20 bits per heavy atom. The summed E-state index contributed by atoms with van der Waals surface area (Å²) in [5, 5.41) is 3.26. The van der Waals surface area contributed by atoms with Crippen LogP contribution in [0.3, 0.4) is 0 Å². The largest absolute Gasteiger partial charge is 0.497 e. The van der Waals surface area contributed by atoms with E-state index in [0.29, 0.717) is 5.88 Å². The van der Waals surface area contributed by atoms with Crippen LogP contribution in [0.2, 0.25) is 0 Å². The first-order valence-electron chi connectivity index (χ1n) is 4.92. The molecule has 1 saturated heterocycles. The van der Waals surface area contributed by atoms with E-state index in [4.69, 9.17) is 21.1 Å². The van der Waals surface area contributed by atoms with E-state index in [1.165, 1.54) is 0 Å². The molecule has 15 heavy (non-hydrogen) atoms. The van der Waals surface area contributed by atoms with Crippen LogP contribution in [0.1, 0.15) is 11.8 Å². The van der Waals surface area contributed by atoms with E-state index in [0.717, 1.165) is 17.9 Å². The van der Waals surface area contributed by atoms with Gasteiger partial charge in [-0.3, -0.25) is 5.32 Å². The van der Waals surface area contributed by atoms with Crippen molar-refractivity contribution in [3.8, 4) is 5.75 Å². The molecule has 3 nitrogen and oxygen atoms in total. The first-order valence-corrected chi connectivity index (χ1v) is 5.45. The molecule has 1 fully saturated rings. The average molecular weight is 228 g/mol. The second-order valence-electron chi connectivity index (χ2n) is 3.47. The van der Waals surface area contributed by atoms with Crippen molar-refractivity contribution in [2.45, 2.75) is 12.3 Å². The van der Waals surface area contributed by atoms with Crippen LogP contribution in [0, 0.1) is 0 Å². The summed E-state index contributed by atoms with van der Waals surface area (Å²) in [4.78, 5) is 0. The third kappa shape index (κ3) is 2.43. The number of nitrogens with one attached hydrogen (secondary N) is 1. The first-order chi connectivity index (χ1) is 7.33. The maximum absolute atomic E-state index is 5.72. The van der Waals surface area contributed by atoms with Gasteiger partial charge in [-0.2, -0.15) is 0 Å². The Balaban J connectivity index is 2.04. The number of alkyl halides is 1. The van der Waals surface area contributed by atoms with Crippen molar-refractivity contribution in [3.63, 3.8) is 0 Å². The highest BCUT2D eigenvalue weighted by molar-refractivity contribution is 6.18. The van der Waals surface area contributed by atoms with Gasteiger partial charge in [-0.15, -0.1) is 11.6 Å². The lowest BCUT2D eigenvalue weighted by Crippen LogP contribution is -2.15. The summed E-state index contributed by atoms with van der Waals surface area (Å²) in [6, 6.07) is 7.84. The van der Waals surface area contributed by atoms with Gasteiger partial charge < -0.3 is 9.47 Å². The molecule has 0 aromatic heterocycles. The van der Waals surface area contributed by atoms with Gasteiger partial charge in [0.15, 0.2) is 0 Å². The highest BCUT2D eigenvalue weighted by atomic mass is 35.5. The molecule has 0 unspecified atom stereocenters. The Bertz CT molecular complexity index is 315. The Kier molecular flexibility index (Phi) is 3.46. The number of benzene rings is 1. The summed E-state index contributed by atoms with van der Waals surface area (Å²) in [5.74, 6) is 1.38. The Morgan fingerprint density at radius 1 is 1.47 bits per heavy atom. The van der Waals surface area contributed by atoms with Crippen molar-refractivity contribution in [3.05, 3.63) is 29.8 Å². The van der Waals surface area contributed by atoms with Crippen molar-refractivity contribution in [2.75, 3.05) is 19.5 Å². The molecule has 1 aromatic carbocycles. The van der Waals surface area contributed by atoms with Crippen molar-refractivity contribution in [1.82, 2.24) is 5.32 Å². The van der Waals surface area contributed by atoms with E-state index in [1.807, 2.05) is 24.3 Å². The molecule has 1 aliphatic heterocycles. The predicted octanol–water partition coefficient (Wildman–Crippen LogP) is 1.92. The van der Waals surface area contributed by atoms with Crippen LogP contribution in [0.25, 0.3) is 0 Å². The minimum Gasteiger partial charge on any atom is -0.497 e. The van der Waals surface area contributed by atoms with Crippen LogP contribution < -0.4 is 10.1 Å². The van der Waals surface area contributed by atoms with E-state index >= 15 is 0 Å². The SMILES string of the molecule is COc1ccc([C@H]2NC[C@H](CCl)O2)cc1. The zero-order chi connectivity index (χ0) is 10.7. The monoisotopic (exact) mass is 227 g/mol. The third-order valence-corrected chi connectivity index (χ3v) is 2.79. The topological polar surface area (TPSA) is 30.5 Å². The van der Waals surface area contributed by atoms with Crippen LogP contribution in [-0.4, -0.2) is 25.6 Å². The van der Waals surface area contributed by atoms with Crippen molar-refractivity contribution < 1.29 is 9.47 Å². The van der Waals surface area contributed by atoms with Crippen molar-refractivity contribution >= 4 is 11.6 Å². The second kappa shape index (κ2) is 4.84. The summed E-state index contributed by atoms with van der Waals surface area (Å²) in [6.07, 6.45) is 0.0680. The predicted molar refractivity (Wildman–Crippen MR) is 59.3 cm³/mol. The number of methoxy groups -OCH3 is 1. The fourth-order valence-electron chi connectivity index (χ4n) is 1.59. The molecule has 0 radical (unpaired) electrons. The minimum absolute atomic E-state index is 0.0420. The van der Waals surface area contributed by atoms with Gasteiger partial charge >= 0.3 is 0 Å². The van der Waals surface area contributed by atoms with E-state index in [-0.39, 0.29) is 12.3 Å². The van der Waals surface area contributed by atoms with Gasteiger partial charge in [-0.1, -0.05) is 12.1 Å². The molecule has 4 heteroatoms. The molecule has 1 aliphatic rings. The van der Waals surface area contributed by atoms with Crippen LogP contribution in [0.5, 0.6) is 5.75 Å². The molecule has 2 atom stereocenters. The molecule has 0 saturated carbocycles. The van der Waals surface area contributed by atoms with E-state index in [2.05, 4.69) is 5.32 Å². The summed E-state index contributed by atoms with van der Waals surface area (Å²) in [7, 11) is 1.66. The highest BCUT2D eigenvalue weighted by Crippen LogP contribution is 2.23. The van der Waals surface area contributed by atoms with Crippen LogP contribution in [0.15, 0.2) is 24.3 Å². The number of hydrogen-bond donors (Lipinski definition) is 1. The Morgan fingerprint density at radius 3 is 2.73 bits per heavy atom. The molecule has 82 valence electrons. The van der Waals surface area contributed by atoms with Gasteiger partial charge in [-0.05, 0) is 17.7 Å². The van der Waals surface area contributed by atoms with Gasteiger partial charge in [0.25, 0.3) is 0 Å². The van der Waals surface area contributed by atoms with Gasteiger partial charge in [0.05, 0.1) is 13.2 Å². The van der Waals surface area contributed by atoms with E-state index in [9.17, 15) is 0 Å². The smallest absolute Gasteiger partial charge is 0.134 e.